The molecule has 0 N–H and O–H groups in total. The minimum Gasteiger partial charge on any atom is -0.379 e. The Balaban J connectivity index is 2.14. The highest BCUT2D eigenvalue weighted by Crippen LogP contribution is 2.24. The van der Waals surface area contributed by atoms with Crippen LogP contribution in [0.5, 0.6) is 0 Å². The maximum atomic E-state index is 13.1. The van der Waals surface area contributed by atoms with Gasteiger partial charge in [0.15, 0.2) is 0 Å². The summed E-state index contributed by atoms with van der Waals surface area (Å²) < 4.78 is 18.6. The summed E-state index contributed by atoms with van der Waals surface area (Å²) in [6.07, 6.45) is 0. The van der Waals surface area contributed by atoms with Crippen LogP contribution in [0.15, 0.2) is 24.3 Å². The van der Waals surface area contributed by atoms with Gasteiger partial charge >= 0.3 is 0 Å². The molecule has 2 nitrogen and oxygen atoms in total. The van der Waals surface area contributed by atoms with E-state index in [2.05, 4.69) is 18.7 Å². The quantitative estimate of drug-likeness (QED) is 0.764. The van der Waals surface area contributed by atoms with Gasteiger partial charge in [-0.2, -0.15) is 0 Å². The zero-order valence-corrected chi connectivity index (χ0v) is 9.82. The molecule has 0 amide bonds. The average Bonchev–Trinajstić information content (AvgIpc) is 2.29. The second-order valence-corrected chi connectivity index (χ2v) is 4.39. The molecule has 0 bridgehead atoms. The summed E-state index contributed by atoms with van der Waals surface area (Å²) in [6, 6.07) is 7.50. The lowest BCUT2D eigenvalue weighted by molar-refractivity contribution is -0.0191. The number of rotatable bonds is 2. The van der Waals surface area contributed by atoms with E-state index in [1.807, 2.05) is 6.07 Å². The zero-order valence-electron chi connectivity index (χ0n) is 9.82. The molecule has 1 unspecified atom stereocenters. The van der Waals surface area contributed by atoms with Gasteiger partial charge in [0.05, 0.1) is 13.2 Å². The highest BCUT2D eigenvalue weighted by molar-refractivity contribution is 5.20. The van der Waals surface area contributed by atoms with Gasteiger partial charge in [0.25, 0.3) is 0 Å². The first kappa shape index (κ1) is 11.6. The lowest BCUT2D eigenvalue weighted by Gasteiger charge is -2.38. The number of halogens is 1. The molecule has 0 spiro atoms. The Morgan fingerprint density at radius 3 is 3.00 bits per heavy atom. The van der Waals surface area contributed by atoms with Crippen LogP contribution >= 0.6 is 0 Å². The molecule has 0 radical (unpaired) electrons. The van der Waals surface area contributed by atoms with Crippen LogP contribution in [0.3, 0.4) is 0 Å². The third kappa shape index (κ3) is 2.42. The Bertz CT molecular complexity index is 356. The van der Waals surface area contributed by atoms with E-state index < -0.39 is 0 Å². The molecular weight excluding hydrogens is 205 g/mol. The van der Waals surface area contributed by atoms with E-state index in [0.717, 1.165) is 25.3 Å². The molecule has 1 aromatic rings. The van der Waals surface area contributed by atoms with Crippen LogP contribution in [0.1, 0.15) is 25.5 Å². The highest BCUT2D eigenvalue weighted by atomic mass is 19.1. The van der Waals surface area contributed by atoms with Gasteiger partial charge in [0, 0.05) is 18.6 Å². The summed E-state index contributed by atoms with van der Waals surface area (Å²) in [5.41, 5.74) is 1.04. The van der Waals surface area contributed by atoms with Gasteiger partial charge < -0.3 is 4.74 Å². The molecule has 2 rings (SSSR count). The number of nitrogens with zero attached hydrogens (tertiary/aromatic N) is 1. The van der Waals surface area contributed by atoms with Gasteiger partial charge in [-0.1, -0.05) is 12.1 Å². The van der Waals surface area contributed by atoms with E-state index in [0.29, 0.717) is 6.04 Å². The largest absolute Gasteiger partial charge is 0.379 e. The Labute approximate surface area is 96.0 Å². The summed E-state index contributed by atoms with van der Waals surface area (Å²) in [6.45, 7) is 6.72. The van der Waals surface area contributed by atoms with Gasteiger partial charge in [-0.15, -0.1) is 0 Å². The third-order valence-corrected chi connectivity index (χ3v) is 3.25. The first-order chi connectivity index (χ1) is 7.68. The second kappa shape index (κ2) is 4.93. The predicted molar refractivity (Wildman–Crippen MR) is 61.8 cm³/mol. The number of hydrogen-bond acceptors (Lipinski definition) is 2. The van der Waals surface area contributed by atoms with Crippen molar-refractivity contribution >= 4 is 0 Å². The molecule has 1 saturated heterocycles. The Kier molecular flexibility index (Phi) is 3.56. The number of benzene rings is 1. The monoisotopic (exact) mass is 223 g/mol. The van der Waals surface area contributed by atoms with Gasteiger partial charge in [0.2, 0.25) is 0 Å². The van der Waals surface area contributed by atoms with Crippen LogP contribution in [0, 0.1) is 5.82 Å². The fourth-order valence-electron chi connectivity index (χ4n) is 2.27. The van der Waals surface area contributed by atoms with E-state index >= 15 is 0 Å². The van der Waals surface area contributed by atoms with Crippen LogP contribution in [0.2, 0.25) is 0 Å². The van der Waals surface area contributed by atoms with Crippen molar-refractivity contribution in [3.8, 4) is 0 Å². The molecule has 1 fully saturated rings. The summed E-state index contributed by atoms with van der Waals surface area (Å²) in [5, 5.41) is 0. The van der Waals surface area contributed by atoms with E-state index in [1.165, 1.54) is 6.07 Å². The van der Waals surface area contributed by atoms with Gasteiger partial charge in [-0.25, -0.2) is 4.39 Å². The molecule has 3 heteroatoms. The van der Waals surface area contributed by atoms with Crippen molar-refractivity contribution in [1.29, 1.82) is 0 Å². The van der Waals surface area contributed by atoms with Crippen molar-refractivity contribution in [3.05, 3.63) is 35.6 Å². The summed E-state index contributed by atoms with van der Waals surface area (Å²) in [5.74, 6) is -0.162. The molecule has 16 heavy (non-hydrogen) atoms. The zero-order chi connectivity index (χ0) is 11.5. The Hall–Kier alpha value is -0.930. The highest BCUT2D eigenvalue weighted by Gasteiger charge is 2.24. The summed E-state index contributed by atoms with van der Waals surface area (Å²) in [4.78, 5) is 2.36. The summed E-state index contributed by atoms with van der Waals surface area (Å²) in [7, 11) is 0. The van der Waals surface area contributed by atoms with Crippen molar-refractivity contribution < 1.29 is 9.13 Å². The molecule has 1 heterocycles. The molecule has 1 aliphatic heterocycles. The van der Waals surface area contributed by atoms with Crippen LogP contribution < -0.4 is 0 Å². The minimum absolute atomic E-state index is 0.162. The van der Waals surface area contributed by atoms with Crippen molar-refractivity contribution in [2.45, 2.75) is 25.9 Å². The van der Waals surface area contributed by atoms with E-state index in [-0.39, 0.29) is 11.9 Å². The van der Waals surface area contributed by atoms with Gasteiger partial charge in [0.1, 0.15) is 5.82 Å². The first-order valence-electron chi connectivity index (χ1n) is 5.77. The molecule has 0 aliphatic carbocycles. The SMILES string of the molecule is CC(c1cccc(F)c1)N1CCOC[C@H]1C. The number of hydrogen-bond donors (Lipinski definition) is 0. The van der Waals surface area contributed by atoms with Crippen molar-refractivity contribution in [1.82, 2.24) is 4.90 Å². The lowest BCUT2D eigenvalue weighted by Crippen LogP contribution is -2.44. The Morgan fingerprint density at radius 1 is 1.50 bits per heavy atom. The lowest BCUT2D eigenvalue weighted by atomic mass is 10.0. The topological polar surface area (TPSA) is 12.5 Å². The smallest absolute Gasteiger partial charge is 0.123 e. The van der Waals surface area contributed by atoms with Crippen LogP contribution in [0.4, 0.5) is 4.39 Å². The fourth-order valence-corrected chi connectivity index (χ4v) is 2.27. The van der Waals surface area contributed by atoms with Crippen LogP contribution in [0.25, 0.3) is 0 Å². The molecule has 2 atom stereocenters. The average molecular weight is 223 g/mol. The second-order valence-electron chi connectivity index (χ2n) is 4.39. The van der Waals surface area contributed by atoms with E-state index in [1.54, 1.807) is 12.1 Å². The summed E-state index contributed by atoms with van der Waals surface area (Å²) >= 11 is 0. The van der Waals surface area contributed by atoms with Crippen molar-refractivity contribution in [2.24, 2.45) is 0 Å². The fraction of sp³-hybridized carbons (Fsp3) is 0.538. The third-order valence-electron chi connectivity index (χ3n) is 3.25. The molecule has 0 aromatic heterocycles. The molecule has 0 saturated carbocycles. The molecular formula is C13H18FNO. The van der Waals surface area contributed by atoms with Crippen molar-refractivity contribution in [3.63, 3.8) is 0 Å². The number of ether oxygens (including phenoxy) is 1. The maximum absolute atomic E-state index is 13.1. The van der Waals surface area contributed by atoms with Crippen LogP contribution in [-0.2, 0) is 4.74 Å². The van der Waals surface area contributed by atoms with E-state index in [9.17, 15) is 4.39 Å². The molecule has 1 aliphatic rings. The standard InChI is InChI=1S/C13H18FNO/c1-10-9-16-7-6-15(10)11(2)12-4-3-5-13(14)8-12/h3-5,8,10-11H,6-7,9H2,1-2H3/t10-,11?/m1/s1. The maximum Gasteiger partial charge on any atom is 0.123 e. The van der Waals surface area contributed by atoms with Crippen LogP contribution in [-0.4, -0.2) is 30.7 Å². The number of morpholine rings is 1. The first-order valence-corrected chi connectivity index (χ1v) is 5.77. The van der Waals surface area contributed by atoms with Gasteiger partial charge in [-0.05, 0) is 31.5 Å². The molecule has 88 valence electrons. The normalized spacial score (nSPS) is 24.3. The van der Waals surface area contributed by atoms with Gasteiger partial charge in [-0.3, -0.25) is 4.90 Å². The minimum atomic E-state index is -0.162. The predicted octanol–water partition coefficient (Wildman–Crippen LogP) is 2.61. The van der Waals surface area contributed by atoms with Crippen molar-refractivity contribution in [2.75, 3.05) is 19.8 Å². The molecule has 1 aromatic carbocycles. The van der Waals surface area contributed by atoms with E-state index in [4.69, 9.17) is 4.74 Å². The Morgan fingerprint density at radius 2 is 2.31 bits per heavy atom.